The van der Waals surface area contributed by atoms with E-state index < -0.39 is 0 Å². The van der Waals surface area contributed by atoms with E-state index in [0.29, 0.717) is 18.3 Å². The lowest BCUT2D eigenvalue weighted by Crippen LogP contribution is -2.25. The standard InChI is InChI=1S/C34H46N2O4/c1-5-6-18-36(2)19-20-40-30-15-9-25(10-16-30)8-7-17-35-32-24-34(39-4)33(38-3)23-31(32)28-12-11-27-22-29(37)14-13-26(27)21-28/h9-10,13-16,22-24,28,35,37H,5-8,11-12,17-21H2,1-4H3. The molecule has 4 rings (SSSR count). The molecule has 0 saturated heterocycles. The fraction of sp³-hybridized carbons (Fsp3) is 0.471. The molecule has 3 aromatic rings. The molecular formula is C34H46N2O4. The van der Waals surface area contributed by atoms with E-state index >= 15 is 0 Å². The molecule has 0 aromatic heterocycles. The number of nitrogens with zero attached hydrogens (tertiary/aromatic N) is 1. The smallest absolute Gasteiger partial charge is 0.162 e. The van der Waals surface area contributed by atoms with Crippen LogP contribution >= 0.6 is 0 Å². The van der Waals surface area contributed by atoms with Crippen LogP contribution in [0.15, 0.2) is 54.6 Å². The van der Waals surface area contributed by atoms with Gasteiger partial charge in [-0.2, -0.15) is 0 Å². The summed E-state index contributed by atoms with van der Waals surface area (Å²) in [5, 5.41) is 13.6. The molecular weight excluding hydrogens is 500 g/mol. The van der Waals surface area contributed by atoms with Crippen molar-refractivity contribution in [1.29, 1.82) is 0 Å². The van der Waals surface area contributed by atoms with Crippen LogP contribution in [-0.2, 0) is 19.3 Å². The van der Waals surface area contributed by atoms with Gasteiger partial charge in [-0.1, -0.05) is 31.5 Å². The quantitative estimate of drug-likeness (QED) is 0.204. The van der Waals surface area contributed by atoms with Crippen molar-refractivity contribution in [3.63, 3.8) is 0 Å². The van der Waals surface area contributed by atoms with Crippen molar-refractivity contribution in [2.24, 2.45) is 0 Å². The maximum absolute atomic E-state index is 9.89. The fourth-order valence-electron chi connectivity index (χ4n) is 5.52. The van der Waals surface area contributed by atoms with E-state index in [4.69, 9.17) is 14.2 Å². The number of hydrogen-bond acceptors (Lipinski definition) is 6. The van der Waals surface area contributed by atoms with E-state index in [1.807, 2.05) is 6.07 Å². The monoisotopic (exact) mass is 546 g/mol. The Kier molecular flexibility index (Phi) is 11.0. The Hall–Kier alpha value is -3.38. The minimum absolute atomic E-state index is 0.346. The van der Waals surface area contributed by atoms with E-state index in [1.54, 1.807) is 20.3 Å². The lowest BCUT2D eigenvalue weighted by atomic mass is 9.79. The van der Waals surface area contributed by atoms with Crippen LogP contribution in [-0.4, -0.2) is 57.5 Å². The minimum Gasteiger partial charge on any atom is -0.508 e. The Balaban J connectivity index is 1.32. The second kappa shape index (κ2) is 14.8. The van der Waals surface area contributed by atoms with Crippen molar-refractivity contribution in [2.75, 3.05) is 52.8 Å². The van der Waals surface area contributed by atoms with Gasteiger partial charge in [0.15, 0.2) is 11.5 Å². The average molecular weight is 547 g/mol. The molecule has 0 amide bonds. The number of unbranched alkanes of at least 4 members (excludes halogenated alkanes) is 1. The van der Waals surface area contributed by atoms with Crippen LogP contribution in [0.1, 0.15) is 60.8 Å². The van der Waals surface area contributed by atoms with Gasteiger partial charge in [-0.3, -0.25) is 0 Å². The molecule has 1 aliphatic rings. The Labute approximate surface area is 240 Å². The first kappa shape index (κ1) is 29.6. The summed E-state index contributed by atoms with van der Waals surface area (Å²) in [6, 6.07) is 18.5. The number of benzene rings is 3. The third-order valence-corrected chi connectivity index (χ3v) is 7.93. The zero-order valence-corrected chi connectivity index (χ0v) is 24.7. The van der Waals surface area contributed by atoms with Gasteiger partial charge in [-0.25, -0.2) is 0 Å². The Morgan fingerprint density at radius 2 is 1.70 bits per heavy atom. The normalized spacial score (nSPS) is 14.6. The number of phenolic OH excluding ortho intramolecular Hbond substituents is 1. The topological polar surface area (TPSA) is 63.2 Å². The summed E-state index contributed by atoms with van der Waals surface area (Å²) < 4.78 is 17.2. The van der Waals surface area contributed by atoms with E-state index in [1.165, 1.54) is 35.1 Å². The first-order valence-corrected chi connectivity index (χ1v) is 14.7. The highest BCUT2D eigenvalue weighted by atomic mass is 16.5. The number of aryl methyl sites for hydroxylation is 2. The predicted molar refractivity (Wildman–Crippen MR) is 164 cm³/mol. The molecule has 1 aliphatic carbocycles. The first-order chi connectivity index (χ1) is 19.5. The number of ether oxygens (including phenoxy) is 3. The molecule has 0 radical (unpaired) electrons. The zero-order chi connectivity index (χ0) is 28.3. The molecule has 0 fully saturated rings. The van der Waals surface area contributed by atoms with Gasteiger partial charge in [0.05, 0.1) is 14.2 Å². The summed E-state index contributed by atoms with van der Waals surface area (Å²) >= 11 is 0. The third-order valence-electron chi connectivity index (χ3n) is 7.93. The fourth-order valence-corrected chi connectivity index (χ4v) is 5.52. The van der Waals surface area contributed by atoms with Crippen LogP contribution < -0.4 is 19.5 Å². The largest absolute Gasteiger partial charge is 0.508 e. The summed E-state index contributed by atoms with van der Waals surface area (Å²) in [5.74, 6) is 3.15. The number of aromatic hydroxyl groups is 1. The van der Waals surface area contributed by atoms with Crippen LogP contribution in [0.25, 0.3) is 0 Å². The van der Waals surface area contributed by atoms with Gasteiger partial charge in [-0.15, -0.1) is 0 Å². The van der Waals surface area contributed by atoms with E-state index in [0.717, 1.165) is 74.7 Å². The lowest BCUT2D eigenvalue weighted by Gasteiger charge is -2.28. The van der Waals surface area contributed by atoms with Crippen molar-refractivity contribution < 1.29 is 19.3 Å². The number of phenols is 1. The number of anilines is 1. The van der Waals surface area contributed by atoms with Crippen LogP contribution in [0.4, 0.5) is 5.69 Å². The first-order valence-electron chi connectivity index (χ1n) is 14.7. The molecule has 0 saturated carbocycles. The molecule has 216 valence electrons. The molecule has 6 heteroatoms. The number of fused-ring (bicyclic) bond motifs is 1. The number of methoxy groups -OCH3 is 2. The molecule has 0 aliphatic heterocycles. The second-order valence-electron chi connectivity index (χ2n) is 10.9. The molecule has 2 N–H and O–H groups in total. The van der Waals surface area contributed by atoms with Crippen molar-refractivity contribution in [1.82, 2.24) is 4.90 Å². The van der Waals surface area contributed by atoms with E-state index in [-0.39, 0.29) is 0 Å². The van der Waals surface area contributed by atoms with Gasteiger partial charge in [0.25, 0.3) is 0 Å². The van der Waals surface area contributed by atoms with Gasteiger partial charge in [0.1, 0.15) is 18.1 Å². The second-order valence-corrected chi connectivity index (χ2v) is 10.9. The van der Waals surface area contributed by atoms with Gasteiger partial charge < -0.3 is 29.5 Å². The zero-order valence-electron chi connectivity index (χ0n) is 24.7. The van der Waals surface area contributed by atoms with Gasteiger partial charge in [-0.05, 0) is 111 Å². The van der Waals surface area contributed by atoms with Crippen molar-refractivity contribution in [3.05, 3.63) is 76.9 Å². The molecule has 0 spiro atoms. The van der Waals surface area contributed by atoms with Crippen LogP contribution in [0.2, 0.25) is 0 Å². The lowest BCUT2D eigenvalue weighted by molar-refractivity contribution is 0.235. The molecule has 3 aromatic carbocycles. The Bertz CT molecular complexity index is 1210. The van der Waals surface area contributed by atoms with Crippen molar-refractivity contribution in [3.8, 4) is 23.0 Å². The number of rotatable bonds is 15. The molecule has 40 heavy (non-hydrogen) atoms. The highest BCUT2D eigenvalue weighted by molar-refractivity contribution is 5.62. The Morgan fingerprint density at radius 3 is 2.45 bits per heavy atom. The molecule has 1 unspecified atom stereocenters. The number of likely N-dealkylation sites (N-methyl/N-ethyl adjacent to an activating group) is 1. The number of hydrogen-bond donors (Lipinski definition) is 2. The average Bonchev–Trinajstić information content (AvgIpc) is 2.98. The SMILES string of the molecule is CCCCN(C)CCOc1ccc(CCCNc2cc(OC)c(OC)cc2C2CCc3cc(O)ccc3C2)cc1. The summed E-state index contributed by atoms with van der Waals surface area (Å²) in [4.78, 5) is 2.33. The molecule has 0 bridgehead atoms. The predicted octanol–water partition coefficient (Wildman–Crippen LogP) is 6.84. The minimum atomic E-state index is 0.346. The van der Waals surface area contributed by atoms with Gasteiger partial charge in [0.2, 0.25) is 0 Å². The van der Waals surface area contributed by atoms with Crippen molar-refractivity contribution >= 4 is 5.69 Å². The number of nitrogens with one attached hydrogen (secondary N) is 1. The van der Waals surface area contributed by atoms with Gasteiger partial charge in [0, 0.05) is 24.8 Å². The Morgan fingerprint density at radius 1 is 0.925 bits per heavy atom. The molecule has 0 heterocycles. The highest BCUT2D eigenvalue weighted by Gasteiger charge is 2.24. The van der Waals surface area contributed by atoms with Crippen LogP contribution in [0, 0.1) is 0 Å². The summed E-state index contributed by atoms with van der Waals surface area (Å²) in [6.45, 7) is 5.87. The maximum Gasteiger partial charge on any atom is 0.162 e. The third kappa shape index (κ3) is 8.07. The summed E-state index contributed by atoms with van der Waals surface area (Å²) in [5.41, 5.74) is 6.25. The van der Waals surface area contributed by atoms with E-state index in [9.17, 15) is 5.11 Å². The molecule has 6 nitrogen and oxygen atoms in total. The van der Waals surface area contributed by atoms with Crippen LogP contribution in [0.5, 0.6) is 23.0 Å². The van der Waals surface area contributed by atoms with Crippen LogP contribution in [0.3, 0.4) is 0 Å². The summed E-state index contributed by atoms with van der Waals surface area (Å²) in [6.07, 6.45) is 7.40. The molecule has 1 atom stereocenters. The van der Waals surface area contributed by atoms with Crippen molar-refractivity contribution in [2.45, 2.75) is 57.8 Å². The maximum atomic E-state index is 9.89. The van der Waals surface area contributed by atoms with E-state index in [2.05, 4.69) is 66.7 Å². The highest BCUT2D eigenvalue weighted by Crippen LogP contribution is 2.42. The summed E-state index contributed by atoms with van der Waals surface area (Å²) in [7, 11) is 5.53. The van der Waals surface area contributed by atoms with Gasteiger partial charge >= 0.3 is 0 Å².